The van der Waals surface area contributed by atoms with Crippen LogP contribution in [-0.4, -0.2) is 29.5 Å². The number of amides is 1. The number of nitrogens with one attached hydrogen (secondary N) is 2. The van der Waals surface area contributed by atoms with Crippen LogP contribution in [0.15, 0.2) is 24.3 Å². The smallest absolute Gasteiger partial charge is 0.237 e. The van der Waals surface area contributed by atoms with Crippen LogP contribution in [0.5, 0.6) is 0 Å². The molecule has 1 aromatic carbocycles. The standard InChI is InChI=1S/C16H24N2OS/c1-3-20-9-8-12(2)18-16(19)15-10-13-6-4-5-7-14(13)11-17-15/h4-7,12,15,17H,3,8-11H2,1-2H3,(H,18,19)/t12?,15-/m1/s1. The number of hydrogen-bond donors (Lipinski definition) is 2. The van der Waals surface area contributed by atoms with Gasteiger partial charge in [0.25, 0.3) is 0 Å². The minimum atomic E-state index is -0.0915. The molecule has 1 aliphatic rings. The zero-order valence-electron chi connectivity index (χ0n) is 12.3. The lowest BCUT2D eigenvalue weighted by Gasteiger charge is -2.26. The summed E-state index contributed by atoms with van der Waals surface area (Å²) in [5.74, 6) is 2.38. The van der Waals surface area contributed by atoms with Crippen LogP contribution in [0.4, 0.5) is 0 Å². The first-order valence-electron chi connectivity index (χ1n) is 7.39. The maximum atomic E-state index is 12.3. The Kier molecular flexibility index (Phi) is 5.92. The van der Waals surface area contributed by atoms with E-state index in [1.54, 1.807) is 0 Å². The molecule has 0 radical (unpaired) electrons. The Morgan fingerprint density at radius 3 is 2.95 bits per heavy atom. The Morgan fingerprint density at radius 2 is 2.20 bits per heavy atom. The van der Waals surface area contributed by atoms with E-state index in [0.29, 0.717) is 0 Å². The van der Waals surface area contributed by atoms with Gasteiger partial charge in [0.2, 0.25) is 5.91 Å². The van der Waals surface area contributed by atoms with Crippen molar-refractivity contribution in [1.29, 1.82) is 0 Å². The summed E-state index contributed by atoms with van der Waals surface area (Å²) in [5, 5.41) is 6.45. The van der Waals surface area contributed by atoms with Crippen LogP contribution < -0.4 is 10.6 Å². The zero-order chi connectivity index (χ0) is 14.4. The molecule has 2 N–H and O–H groups in total. The van der Waals surface area contributed by atoms with E-state index < -0.39 is 0 Å². The van der Waals surface area contributed by atoms with Gasteiger partial charge in [-0.25, -0.2) is 0 Å². The summed E-state index contributed by atoms with van der Waals surface area (Å²) in [7, 11) is 0. The van der Waals surface area contributed by atoms with Gasteiger partial charge in [-0.05, 0) is 42.4 Å². The summed E-state index contributed by atoms with van der Waals surface area (Å²) in [6, 6.07) is 8.50. The molecule has 0 spiro atoms. The minimum Gasteiger partial charge on any atom is -0.352 e. The normalized spacial score (nSPS) is 19.2. The molecular formula is C16H24N2OS. The molecule has 0 aromatic heterocycles. The minimum absolute atomic E-state index is 0.0915. The van der Waals surface area contributed by atoms with Crippen molar-refractivity contribution < 1.29 is 4.79 Å². The molecule has 1 unspecified atom stereocenters. The lowest BCUT2D eigenvalue weighted by atomic mass is 9.95. The van der Waals surface area contributed by atoms with Crippen molar-refractivity contribution >= 4 is 17.7 Å². The van der Waals surface area contributed by atoms with Crippen LogP contribution in [0, 0.1) is 0 Å². The number of carbonyl (C=O) groups is 1. The van der Waals surface area contributed by atoms with Crippen molar-refractivity contribution in [3.63, 3.8) is 0 Å². The van der Waals surface area contributed by atoms with Gasteiger partial charge in [0, 0.05) is 12.6 Å². The quantitative estimate of drug-likeness (QED) is 0.791. The van der Waals surface area contributed by atoms with Crippen molar-refractivity contribution in [2.75, 3.05) is 11.5 Å². The highest BCUT2D eigenvalue weighted by Crippen LogP contribution is 2.16. The first kappa shape index (κ1) is 15.4. The highest BCUT2D eigenvalue weighted by atomic mass is 32.2. The van der Waals surface area contributed by atoms with Crippen molar-refractivity contribution in [3.8, 4) is 0 Å². The third kappa shape index (κ3) is 4.25. The van der Waals surface area contributed by atoms with Gasteiger partial charge in [-0.2, -0.15) is 11.8 Å². The summed E-state index contributed by atoms with van der Waals surface area (Å²) in [4.78, 5) is 12.3. The van der Waals surface area contributed by atoms with E-state index in [0.717, 1.165) is 30.9 Å². The summed E-state index contributed by atoms with van der Waals surface area (Å²) in [5.41, 5.74) is 2.60. The molecule has 3 nitrogen and oxygen atoms in total. The third-order valence-electron chi connectivity index (χ3n) is 3.69. The van der Waals surface area contributed by atoms with Crippen molar-refractivity contribution in [2.24, 2.45) is 0 Å². The molecule has 1 heterocycles. The van der Waals surface area contributed by atoms with Crippen LogP contribution >= 0.6 is 11.8 Å². The molecule has 4 heteroatoms. The SMILES string of the molecule is CCSCCC(C)NC(=O)[C@H]1Cc2ccccc2CN1. The number of fused-ring (bicyclic) bond motifs is 1. The maximum absolute atomic E-state index is 12.3. The number of rotatable bonds is 6. The van der Waals surface area contributed by atoms with Crippen LogP contribution in [-0.2, 0) is 17.8 Å². The molecule has 1 aliphatic heterocycles. The molecule has 0 fully saturated rings. The van der Waals surface area contributed by atoms with Gasteiger partial charge in [0.05, 0.1) is 6.04 Å². The van der Waals surface area contributed by atoms with E-state index in [-0.39, 0.29) is 18.0 Å². The van der Waals surface area contributed by atoms with Crippen molar-refractivity contribution in [1.82, 2.24) is 10.6 Å². The summed E-state index contributed by atoms with van der Waals surface area (Å²) in [6.45, 7) is 5.04. The molecule has 20 heavy (non-hydrogen) atoms. The van der Waals surface area contributed by atoms with Crippen LogP contribution in [0.3, 0.4) is 0 Å². The Hall–Kier alpha value is -1.00. The molecule has 0 saturated carbocycles. The van der Waals surface area contributed by atoms with E-state index in [9.17, 15) is 4.79 Å². The lowest BCUT2D eigenvalue weighted by Crippen LogP contribution is -2.49. The molecule has 1 aromatic rings. The fourth-order valence-corrected chi connectivity index (χ4v) is 3.27. The Bertz CT molecular complexity index is 450. The van der Waals surface area contributed by atoms with E-state index >= 15 is 0 Å². The fourth-order valence-electron chi connectivity index (χ4n) is 2.46. The van der Waals surface area contributed by atoms with E-state index in [4.69, 9.17) is 0 Å². The second-order valence-corrected chi connectivity index (χ2v) is 6.70. The topological polar surface area (TPSA) is 41.1 Å². The van der Waals surface area contributed by atoms with Gasteiger partial charge >= 0.3 is 0 Å². The third-order valence-corrected chi connectivity index (χ3v) is 4.62. The second kappa shape index (κ2) is 7.70. The largest absolute Gasteiger partial charge is 0.352 e. The first-order valence-corrected chi connectivity index (χ1v) is 8.54. The van der Waals surface area contributed by atoms with Gasteiger partial charge in [0.1, 0.15) is 0 Å². The number of carbonyl (C=O) groups excluding carboxylic acids is 1. The van der Waals surface area contributed by atoms with Gasteiger partial charge in [0.15, 0.2) is 0 Å². The number of benzene rings is 1. The summed E-state index contributed by atoms with van der Waals surface area (Å²) < 4.78 is 0. The van der Waals surface area contributed by atoms with E-state index in [2.05, 4.69) is 36.6 Å². The van der Waals surface area contributed by atoms with Gasteiger partial charge in [-0.15, -0.1) is 0 Å². The number of hydrogen-bond acceptors (Lipinski definition) is 3. The molecule has 1 amide bonds. The molecule has 2 atom stereocenters. The van der Waals surface area contributed by atoms with Crippen molar-refractivity contribution in [3.05, 3.63) is 35.4 Å². The Labute approximate surface area is 125 Å². The number of thioether (sulfide) groups is 1. The Morgan fingerprint density at radius 1 is 1.45 bits per heavy atom. The summed E-state index contributed by atoms with van der Waals surface area (Å²) in [6.07, 6.45) is 1.83. The molecule has 110 valence electrons. The highest BCUT2D eigenvalue weighted by molar-refractivity contribution is 7.99. The monoisotopic (exact) mass is 292 g/mol. The zero-order valence-corrected chi connectivity index (χ0v) is 13.1. The van der Waals surface area contributed by atoms with E-state index in [1.165, 1.54) is 11.1 Å². The average Bonchev–Trinajstić information content (AvgIpc) is 2.47. The average molecular weight is 292 g/mol. The molecule has 0 saturated heterocycles. The summed E-state index contributed by atoms with van der Waals surface area (Å²) >= 11 is 1.92. The predicted octanol–water partition coefficient (Wildman–Crippen LogP) is 2.35. The van der Waals surface area contributed by atoms with Crippen molar-refractivity contribution in [2.45, 2.75) is 45.3 Å². The predicted molar refractivity (Wildman–Crippen MR) is 86.0 cm³/mol. The molecule has 0 bridgehead atoms. The van der Waals surface area contributed by atoms with Crippen LogP contribution in [0.25, 0.3) is 0 Å². The van der Waals surface area contributed by atoms with Gasteiger partial charge < -0.3 is 10.6 Å². The maximum Gasteiger partial charge on any atom is 0.237 e. The Balaban J connectivity index is 1.82. The fraction of sp³-hybridized carbons (Fsp3) is 0.562. The molecule has 2 rings (SSSR count). The second-order valence-electron chi connectivity index (χ2n) is 5.30. The molecular weight excluding hydrogens is 268 g/mol. The highest BCUT2D eigenvalue weighted by Gasteiger charge is 2.24. The van der Waals surface area contributed by atoms with Crippen LogP contribution in [0.2, 0.25) is 0 Å². The van der Waals surface area contributed by atoms with Gasteiger partial charge in [-0.3, -0.25) is 4.79 Å². The van der Waals surface area contributed by atoms with Crippen LogP contribution in [0.1, 0.15) is 31.4 Å². The first-order chi connectivity index (χ1) is 9.70. The lowest BCUT2D eigenvalue weighted by molar-refractivity contribution is -0.123. The molecule has 0 aliphatic carbocycles. The van der Waals surface area contributed by atoms with Gasteiger partial charge in [-0.1, -0.05) is 31.2 Å². The van der Waals surface area contributed by atoms with E-state index in [1.807, 2.05) is 23.9 Å².